The highest BCUT2D eigenvalue weighted by atomic mass is 32.1. The molecule has 0 spiro atoms. The first-order valence-electron chi connectivity index (χ1n) is 6.68. The predicted octanol–water partition coefficient (Wildman–Crippen LogP) is 2.35. The van der Waals surface area contributed by atoms with E-state index < -0.39 is 0 Å². The molecule has 0 aliphatic rings. The lowest BCUT2D eigenvalue weighted by Gasteiger charge is -2.10. The van der Waals surface area contributed by atoms with Crippen LogP contribution in [-0.2, 0) is 6.54 Å². The monoisotopic (exact) mass is 291 g/mol. The number of anilines is 1. The van der Waals surface area contributed by atoms with Crippen molar-refractivity contribution in [1.82, 2.24) is 10.3 Å². The van der Waals surface area contributed by atoms with Gasteiger partial charge in [-0.25, -0.2) is 4.98 Å². The van der Waals surface area contributed by atoms with Crippen molar-refractivity contribution in [3.63, 3.8) is 0 Å². The molecule has 20 heavy (non-hydrogen) atoms. The van der Waals surface area contributed by atoms with Crippen molar-refractivity contribution in [2.45, 2.75) is 19.5 Å². The number of hydrogen-bond donors (Lipinski definition) is 2. The lowest BCUT2D eigenvalue weighted by atomic mass is 10.1. The largest absolute Gasteiger partial charge is 0.395 e. The first-order chi connectivity index (χ1) is 9.61. The summed E-state index contributed by atoms with van der Waals surface area (Å²) in [5.41, 5.74) is 2.15. The first kappa shape index (κ1) is 15.0. The van der Waals surface area contributed by atoms with Gasteiger partial charge < -0.3 is 15.3 Å². The molecule has 0 bridgehead atoms. The maximum absolute atomic E-state index is 9.11. The molecule has 1 aromatic carbocycles. The summed E-state index contributed by atoms with van der Waals surface area (Å²) >= 11 is 1.69. The molecular formula is C15H21N3OS. The smallest absolute Gasteiger partial charge is 0.185 e. The van der Waals surface area contributed by atoms with Gasteiger partial charge in [0.15, 0.2) is 5.13 Å². The number of rotatable bonds is 6. The summed E-state index contributed by atoms with van der Waals surface area (Å²) < 4.78 is 0. The number of aromatic nitrogens is 1. The van der Waals surface area contributed by atoms with Crippen LogP contribution < -0.4 is 10.2 Å². The third-order valence-corrected chi connectivity index (χ3v) is 4.22. The van der Waals surface area contributed by atoms with Crippen LogP contribution in [0.3, 0.4) is 0 Å². The fraction of sp³-hybridized carbons (Fsp3) is 0.400. The van der Waals surface area contributed by atoms with Crippen molar-refractivity contribution in [3.05, 3.63) is 35.2 Å². The summed E-state index contributed by atoms with van der Waals surface area (Å²) in [6.07, 6.45) is 0. The minimum atomic E-state index is 0.0866. The quantitative estimate of drug-likeness (QED) is 0.858. The lowest BCUT2D eigenvalue weighted by molar-refractivity contribution is 0.251. The van der Waals surface area contributed by atoms with Crippen molar-refractivity contribution >= 4 is 16.5 Å². The van der Waals surface area contributed by atoms with Gasteiger partial charge in [0, 0.05) is 37.1 Å². The third-order valence-electron chi connectivity index (χ3n) is 3.00. The van der Waals surface area contributed by atoms with Crippen LogP contribution in [0.1, 0.15) is 11.8 Å². The van der Waals surface area contributed by atoms with Gasteiger partial charge in [-0.3, -0.25) is 0 Å². The lowest BCUT2D eigenvalue weighted by Crippen LogP contribution is -2.28. The Morgan fingerprint density at radius 1 is 1.30 bits per heavy atom. The number of nitrogens with one attached hydrogen (secondary N) is 1. The van der Waals surface area contributed by atoms with Crippen LogP contribution in [0.25, 0.3) is 11.3 Å². The maximum Gasteiger partial charge on any atom is 0.185 e. The van der Waals surface area contributed by atoms with Crippen molar-refractivity contribution < 1.29 is 5.11 Å². The Balaban J connectivity index is 2.29. The van der Waals surface area contributed by atoms with Gasteiger partial charge in [-0.1, -0.05) is 41.7 Å². The van der Waals surface area contributed by atoms with Gasteiger partial charge in [0.1, 0.15) is 0 Å². The molecule has 0 saturated heterocycles. The zero-order chi connectivity index (χ0) is 14.5. The molecule has 0 fully saturated rings. The van der Waals surface area contributed by atoms with E-state index in [-0.39, 0.29) is 12.6 Å². The van der Waals surface area contributed by atoms with Crippen molar-refractivity contribution in [2.24, 2.45) is 0 Å². The van der Waals surface area contributed by atoms with E-state index in [4.69, 9.17) is 10.1 Å². The highest BCUT2D eigenvalue weighted by Gasteiger charge is 2.14. The van der Waals surface area contributed by atoms with E-state index in [0.717, 1.165) is 22.9 Å². The first-order valence-corrected chi connectivity index (χ1v) is 7.50. The SMILES string of the molecule is C[C@H](CO)NCc1sc(N(C)C)nc1-c1ccccc1. The molecule has 2 N–H and O–H groups in total. The Morgan fingerprint density at radius 3 is 2.60 bits per heavy atom. The molecular weight excluding hydrogens is 270 g/mol. The number of benzene rings is 1. The second-order valence-electron chi connectivity index (χ2n) is 4.99. The molecule has 0 radical (unpaired) electrons. The topological polar surface area (TPSA) is 48.4 Å². The Kier molecular flexibility index (Phi) is 5.11. The minimum Gasteiger partial charge on any atom is -0.395 e. The molecule has 0 amide bonds. The molecule has 0 saturated carbocycles. The van der Waals surface area contributed by atoms with Gasteiger partial charge in [0.2, 0.25) is 0 Å². The van der Waals surface area contributed by atoms with E-state index in [1.165, 1.54) is 4.88 Å². The summed E-state index contributed by atoms with van der Waals surface area (Å²) in [7, 11) is 4.00. The van der Waals surface area contributed by atoms with E-state index in [1.54, 1.807) is 11.3 Å². The number of nitrogens with zero attached hydrogens (tertiary/aromatic N) is 2. The number of aliphatic hydroxyl groups excluding tert-OH is 1. The van der Waals surface area contributed by atoms with E-state index in [9.17, 15) is 0 Å². The highest BCUT2D eigenvalue weighted by Crippen LogP contribution is 2.32. The van der Waals surface area contributed by atoms with E-state index in [2.05, 4.69) is 17.4 Å². The normalized spacial score (nSPS) is 12.4. The molecule has 4 nitrogen and oxygen atoms in total. The van der Waals surface area contributed by atoms with Gasteiger partial charge in [0.25, 0.3) is 0 Å². The molecule has 5 heteroatoms. The Hall–Kier alpha value is -1.43. The predicted molar refractivity (Wildman–Crippen MR) is 85.3 cm³/mol. The van der Waals surface area contributed by atoms with Crippen LogP contribution in [0, 0.1) is 0 Å². The van der Waals surface area contributed by atoms with Gasteiger partial charge in [-0.05, 0) is 6.92 Å². The fourth-order valence-corrected chi connectivity index (χ4v) is 2.76. The summed E-state index contributed by atoms with van der Waals surface area (Å²) in [6.45, 7) is 2.83. The number of aliphatic hydroxyl groups is 1. The molecule has 0 unspecified atom stereocenters. The van der Waals surface area contributed by atoms with E-state index in [0.29, 0.717) is 0 Å². The fourth-order valence-electron chi connectivity index (χ4n) is 1.80. The summed E-state index contributed by atoms with van der Waals surface area (Å²) in [5, 5.41) is 13.4. The summed E-state index contributed by atoms with van der Waals surface area (Å²) in [6, 6.07) is 10.3. The second-order valence-corrected chi connectivity index (χ2v) is 6.06. The third kappa shape index (κ3) is 3.56. The van der Waals surface area contributed by atoms with Crippen LogP contribution in [0.4, 0.5) is 5.13 Å². The van der Waals surface area contributed by atoms with Crippen LogP contribution >= 0.6 is 11.3 Å². The van der Waals surface area contributed by atoms with Crippen LogP contribution in [0.2, 0.25) is 0 Å². The van der Waals surface area contributed by atoms with Gasteiger partial charge in [-0.2, -0.15) is 0 Å². The average Bonchev–Trinajstić information content (AvgIpc) is 2.90. The molecule has 2 rings (SSSR count). The van der Waals surface area contributed by atoms with Crippen LogP contribution in [0.5, 0.6) is 0 Å². The standard InChI is InChI=1S/C15H21N3OS/c1-11(10-19)16-9-13-14(12-7-5-4-6-8-12)17-15(20-13)18(2)3/h4-8,11,16,19H,9-10H2,1-3H3/t11-/m1/s1. The average molecular weight is 291 g/mol. The second kappa shape index (κ2) is 6.83. The Labute approximate surface area is 124 Å². The molecule has 1 atom stereocenters. The van der Waals surface area contributed by atoms with Gasteiger partial charge in [-0.15, -0.1) is 0 Å². The summed E-state index contributed by atoms with van der Waals surface area (Å²) in [5.74, 6) is 0. The molecule has 108 valence electrons. The van der Waals surface area contributed by atoms with Crippen molar-refractivity contribution in [3.8, 4) is 11.3 Å². The maximum atomic E-state index is 9.11. The summed E-state index contributed by atoms with van der Waals surface area (Å²) in [4.78, 5) is 7.94. The zero-order valence-corrected chi connectivity index (χ0v) is 12.9. The zero-order valence-electron chi connectivity index (χ0n) is 12.1. The van der Waals surface area contributed by atoms with E-state index in [1.807, 2.05) is 44.1 Å². The van der Waals surface area contributed by atoms with E-state index >= 15 is 0 Å². The molecule has 0 aliphatic heterocycles. The number of thiazole rings is 1. The van der Waals surface area contributed by atoms with Crippen molar-refractivity contribution in [2.75, 3.05) is 25.6 Å². The molecule has 2 aromatic rings. The molecule has 1 aromatic heterocycles. The molecule has 0 aliphatic carbocycles. The highest BCUT2D eigenvalue weighted by molar-refractivity contribution is 7.16. The van der Waals surface area contributed by atoms with Crippen LogP contribution in [0.15, 0.2) is 30.3 Å². The van der Waals surface area contributed by atoms with Crippen molar-refractivity contribution in [1.29, 1.82) is 0 Å². The Bertz CT molecular complexity index is 539. The van der Waals surface area contributed by atoms with Gasteiger partial charge >= 0.3 is 0 Å². The number of hydrogen-bond acceptors (Lipinski definition) is 5. The molecule has 1 heterocycles. The minimum absolute atomic E-state index is 0.0866. The van der Waals surface area contributed by atoms with Gasteiger partial charge in [0.05, 0.1) is 12.3 Å². The Morgan fingerprint density at radius 2 is 2.00 bits per heavy atom. The van der Waals surface area contributed by atoms with Crippen LogP contribution in [-0.4, -0.2) is 36.8 Å².